The first-order valence-corrected chi connectivity index (χ1v) is 10.8. The molecule has 0 radical (unpaired) electrons. The van der Waals surface area contributed by atoms with Crippen molar-refractivity contribution in [3.05, 3.63) is 11.1 Å². The summed E-state index contributed by atoms with van der Waals surface area (Å²) in [5, 5.41) is 6.88. The van der Waals surface area contributed by atoms with Crippen molar-refractivity contribution in [2.24, 2.45) is 10.9 Å². The highest BCUT2D eigenvalue weighted by Gasteiger charge is 2.17. The number of aliphatic imine (C=N–C) groups is 1. The molecule has 1 N–H and O–H groups in total. The molecule has 7 heteroatoms. The Morgan fingerprint density at radius 2 is 2.15 bits per heavy atom. The van der Waals surface area contributed by atoms with Gasteiger partial charge in [0.05, 0.1) is 5.69 Å². The molecule has 3 heterocycles. The second kappa shape index (κ2) is 10.1. The number of aromatic nitrogens is 1. The quantitative estimate of drug-likeness (QED) is 0.583. The number of guanidine groups is 1. The van der Waals surface area contributed by atoms with Crippen molar-refractivity contribution >= 4 is 22.4 Å². The molecule has 0 saturated carbocycles. The Kier molecular flexibility index (Phi) is 7.55. The first-order chi connectivity index (χ1) is 12.8. The van der Waals surface area contributed by atoms with E-state index in [0.717, 1.165) is 57.7 Å². The third-order valence-electron chi connectivity index (χ3n) is 5.37. The fourth-order valence-corrected chi connectivity index (χ4v) is 4.58. The predicted octanol–water partition coefficient (Wildman–Crippen LogP) is 2.61. The number of nitrogens with one attached hydrogen (secondary N) is 1. The van der Waals surface area contributed by atoms with E-state index in [1.165, 1.54) is 42.9 Å². The van der Waals surface area contributed by atoms with Gasteiger partial charge in [0, 0.05) is 65.3 Å². The van der Waals surface area contributed by atoms with Crippen molar-refractivity contribution in [3.63, 3.8) is 0 Å². The second-order valence-corrected chi connectivity index (χ2v) is 8.14. The standard InChI is InChI=1S/C19H33N5OS/c1-20-18(23(2)12-6-16-7-13-25-14-8-16)21-9-5-17-15-26-19(22-17)24-10-3-4-11-24/h15-16H,3-14H2,1-2H3,(H,20,21). The van der Waals surface area contributed by atoms with Crippen LogP contribution in [0.25, 0.3) is 0 Å². The molecule has 1 aromatic heterocycles. The van der Waals surface area contributed by atoms with Gasteiger partial charge in [-0.2, -0.15) is 0 Å². The average Bonchev–Trinajstić information content (AvgIpc) is 3.36. The van der Waals surface area contributed by atoms with Crippen LogP contribution in [0.5, 0.6) is 0 Å². The van der Waals surface area contributed by atoms with Crippen LogP contribution in [0.4, 0.5) is 5.13 Å². The molecular weight excluding hydrogens is 346 g/mol. The van der Waals surface area contributed by atoms with Gasteiger partial charge in [0.15, 0.2) is 11.1 Å². The predicted molar refractivity (Wildman–Crippen MR) is 109 cm³/mol. The van der Waals surface area contributed by atoms with Crippen LogP contribution in [0.3, 0.4) is 0 Å². The average molecular weight is 380 g/mol. The smallest absolute Gasteiger partial charge is 0.193 e. The largest absolute Gasteiger partial charge is 0.381 e. The van der Waals surface area contributed by atoms with Gasteiger partial charge in [-0.25, -0.2) is 4.98 Å². The lowest BCUT2D eigenvalue weighted by atomic mass is 9.96. The molecule has 0 atom stereocenters. The van der Waals surface area contributed by atoms with Gasteiger partial charge < -0.3 is 19.9 Å². The van der Waals surface area contributed by atoms with Gasteiger partial charge in [0.2, 0.25) is 0 Å². The van der Waals surface area contributed by atoms with Crippen LogP contribution in [0.1, 0.15) is 37.8 Å². The molecule has 0 spiro atoms. The minimum atomic E-state index is 0.795. The minimum Gasteiger partial charge on any atom is -0.381 e. The van der Waals surface area contributed by atoms with Crippen LogP contribution in [-0.4, -0.2) is 69.3 Å². The van der Waals surface area contributed by atoms with Crippen LogP contribution < -0.4 is 10.2 Å². The molecule has 2 aliphatic heterocycles. The summed E-state index contributed by atoms with van der Waals surface area (Å²) in [6, 6.07) is 0. The summed E-state index contributed by atoms with van der Waals surface area (Å²) in [4.78, 5) is 13.9. The highest BCUT2D eigenvalue weighted by molar-refractivity contribution is 7.13. The highest BCUT2D eigenvalue weighted by Crippen LogP contribution is 2.24. The first kappa shape index (κ1) is 19.4. The van der Waals surface area contributed by atoms with Crippen molar-refractivity contribution in [1.82, 2.24) is 15.2 Å². The number of thiazole rings is 1. The normalized spacial score (nSPS) is 19.2. The number of hydrogen-bond acceptors (Lipinski definition) is 5. The van der Waals surface area contributed by atoms with E-state index in [4.69, 9.17) is 9.72 Å². The molecule has 0 amide bonds. The fraction of sp³-hybridized carbons (Fsp3) is 0.789. The summed E-state index contributed by atoms with van der Waals surface area (Å²) >= 11 is 1.78. The Labute approximate surface area is 161 Å². The number of ether oxygens (including phenoxy) is 1. The van der Waals surface area contributed by atoms with E-state index < -0.39 is 0 Å². The maximum atomic E-state index is 5.45. The summed E-state index contributed by atoms with van der Waals surface area (Å²) in [5.74, 6) is 1.77. The lowest BCUT2D eigenvalue weighted by Crippen LogP contribution is -2.40. The maximum Gasteiger partial charge on any atom is 0.193 e. The van der Waals surface area contributed by atoms with E-state index in [0.29, 0.717) is 0 Å². The molecule has 1 aromatic rings. The van der Waals surface area contributed by atoms with Crippen molar-refractivity contribution in [3.8, 4) is 0 Å². The number of rotatable bonds is 7. The molecule has 0 aromatic carbocycles. The molecule has 6 nitrogen and oxygen atoms in total. The molecular formula is C19H33N5OS. The lowest BCUT2D eigenvalue weighted by molar-refractivity contribution is 0.0625. The van der Waals surface area contributed by atoms with Gasteiger partial charge >= 0.3 is 0 Å². The zero-order valence-electron chi connectivity index (χ0n) is 16.2. The molecule has 2 fully saturated rings. The first-order valence-electron chi connectivity index (χ1n) is 9.95. The number of hydrogen-bond donors (Lipinski definition) is 1. The molecule has 3 rings (SSSR count). The van der Waals surface area contributed by atoms with Gasteiger partial charge in [0.1, 0.15) is 0 Å². The Balaban J connectivity index is 1.37. The van der Waals surface area contributed by atoms with E-state index in [9.17, 15) is 0 Å². The van der Waals surface area contributed by atoms with Crippen LogP contribution in [0.15, 0.2) is 10.4 Å². The van der Waals surface area contributed by atoms with Gasteiger partial charge in [-0.1, -0.05) is 0 Å². The van der Waals surface area contributed by atoms with Crippen molar-refractivity contribution in [2.45, 2.75) is 38.5 Å². The lowest BCUT2D eigenvalue weighted by Gasteiger charge is -2.26. The van der Waals surface area contributed by atoms with Crippen LogP contribution in [-0.2, 0) is 11.2 Å². The molecule has 26 heavy (non-hydrogen) atoms. The molecule has 146 valence electrons. The zero-order chi connectivity index (χ0) is 18.2. The molecule has 2 saturated heterocycles. The Hall–Kier alpha value is -1.34. The fourth-order valence-electron chi connectivity index (χ4n) is 3.67. The third kappa shape index (κ3) is 5.58. The summed E-state index contributed by atoms with van der Waals surface area (Å²) < 4.78 is 5.45. The Bertz CT molecular complexity index is 564. The molecule has 0 bridgehead atoms. The summed E-state index contributed by atoms with van der Waals surface area (Å²) in [7, 11) is 3.99. The Morgan fingerprint density at radius 3 is 2.88 bits per heavy atom. The summed E-state index contributed by atoms with van der Waals surface area (Å²) in [6.07, 6.45) is 7.15. The third-order valence-corrected chi connectivity index (χ3v) is 6.32. The topological polar surface area (TPSA) is 53.0 Å². The van der Waals surface area contributed by atoms with Crippen LogP contribution >= 0.6 is 11.3 Å². The van der Waals surface area contributed by atoms with E-state index >= 15 is 0 Å². The SMILES string of the molecule is CN=C(NCCc1csc(N2CCCC2)n1)N(C)CCC1CCOCC1. The minimum absolute atomic E-state index is 0.795. The molecule has 0 unspecified atom stereocenters. The van der Waals surface area contributed by atoms with Crippen LogP contribution in [0.2, 0.25) is 0 Å². The van der Waals surface area contributed by atoms with E-state index in [2.05, 4.69) is 32.5 Å². The van der Waals surface area contributed by atoms with Crippen molar-refractivity contribution in [1.29, 1.82) is 0 Å². The van der Waals surface area contributed by atoms with Crippen molar-refractivity contribution in [2.75, 3.05) is 58.4 Å². The van der Waals surface area contributed by atoms with Gasteiger partial charge in [-0.05, 0) is 38.0 Å². The monoisotopic (exact) mass is 379 g/mol. The Morgan fingerprint density at radius 1 is 1.38 bits per heavy atom. The van der Waals surface area contributed by atoms with E-state index in [-0.39, 0.29) is 0 Å². The zero-order valence-corrected chi connectivity index (χ0v) is 17.1. The number of anilines is 1. The van der Waals surface area contributed by atoms with E-state index in [1.807, 2.05) is 7.05 Å². The second-order valence-electron chi connectivity index (χ2n) is 7.31. The van der Waals surface area contributed by atoms with Gasteiger partial charge in [-0.15, -0.1) is 11.3 Å². The van der Waals surface area contributed by atoms with Gasteiger partial charge in [0.25, 0.3) is 0 Å². The number of nitrogens with zero attached hydrogens (tertiary/aromatic N) is 4. The van der Waals surface area contributed by atoms with Gasteiger partial charge in [-0.3, -0.25) is 4.99 Å². The molecule has 0 aliphatic carbocycles. The summed E-state index contributed by atoms with van der Waals surface area (Å²) in [5.41, 5.74) is 1.18. The molecule has 2 aliphatic rings. The van der Waals surface area contributed by atoms with E-state index in [1.54, 1.807) is 11.3 Å². The van der Waals surface area contributed by atoms with Crippen LogP contribution in [0, 0.1) is 5.92 Å². The van der Waals surface area contributed by atoms with Crippen molar-refractivity contribution < 1.29 is 4.74 Å². The maximum absolute atomic E-state index is 5.45. The summed E-state index contributed by atoms with van der Waals surface area (Å²) in [6.45, 7) is 6.09. The highest BCUT2D eigenvalue weighted by atomic mass is 32.1.